The minimum Gasteiger partial charge on any atom is -0.455 e. The molecule has 2 aliphatic rings. The van der Waals surface area contributed by atoms with Gasteiger partial charge in [-0.15, -0.1) is 0 Å². The van der Waals surface area contributed by atoms with Crippen LogP contribution < -0.4 is 4.90 Å². The summed E-state index contributed by atoms with van der Waals surface area (Å²) in [6.07, 6.45) is 0. The van der Waals surface area contributed by atoms with Gasteiger partial charge in [0.15, 0.2) is 0 Å². The lowest BCUT2D eigenvalue weighted by atomic mass is 9.80. The number of furan rings is 2. The summed E-state index contributed by atoms with van der Waals surface area (Å²) >= 11 is 0. The molecule has 0 fully saturated rings. The molecule has 0 aliphatic heterocycles. The molecular formula is C70H55NO2. The van der Waals surface area contributed by atoms with E-state index in [4.69, 9.17) is 8.83 Å². The highest BCUT2D eigenvalue weighted by Crippen LogP contribution is 2.59. The third-order valence-electron chi connectivity index (χ3n) is 16.6. The number of nitrogens with zero attached hydrogens (tertiary/aromatic N) is 1. The van der Waals surface area contributed by atoms with Crippen molar-refractivity contribution in [3.8, 4) is 55.6 Å². The topological polar surface area (TPSA) is 29.5 Å². The van der Waals surface area contributed by atoms with Crippen LogP contribution in [0.2, 0.25) is 0 Å². The van der Waals surface area contributed by atoms with Gasteiger partial charge in [-0.2, -0.15) is 0 Å². The van der Waals surface area contributed by atoms with Crippen molar-refractivity contribution in [2.75, 3.05) is 4.90 Å². The van der Waals surface area contributed by atoms with Gasteiger partial charge >= 0.3 is 0 Å². The molecule has 10 aromatic carbocycles. The SMILES string of the molecule is Cc1ccc(-c2cc3c(c4c2oc2ccccc24)-c2ccc(N(c4ccc5c(c4)C(C)(C)c4cc(-c6ccc(C)cc6C)c6oc7ccccc7c6c4-5)c4ccccc4-c4ccccc4)cc2C3(C)C)c(C)c1. The maximum absolute atomic E-state index is 6.91. The molecule has 2 aliphatic carbocycles. The average Bonchev–Trinajstić information content (AvgIpc) is 4.10. The third kappa shape index (κ3) is 6.24. The van der Waals surface area contributed by atoms with Crippen LogP contribution in [0.3, 0.4) is 0 Å². The second kappa shape index (κ2) is 15.6. The van der Waals surface area contributed by atoms with E-state index in [-0.39, 0.29) is 10.8 Å². The van der Waals surface area contributed by atoms with Crippen molar-refractivity contribution in [1.29, 1.82) is 0 Å². The highest BCUT2D eigenvalue weighted by molar-refractivity contribution is 6.20. The normalized spacial score (nSPS) is 14.0. The first kappa shape index (κ1) is 43.4. The van der Waals surface area contributed by atoms with Crippen LogP contribution in [0.1, 0.15) is 72.2 Å². The van der Waals surface area contributed by atoms with Crippen LogP contribution >= 0.6 is 0 Å². The van der Waals surface area contributed by atoms with E-state index in [1.54, 1.807) is 0 Å². The Balaban J connectivity index is 0.995. The van der Waals surface area contributed by atoms with Gasteiger partial charge < -0.3 is 13.7 Å². The summed E-state index contributed by atoms with van der Waals surface area (Å²) in [7, 11) is 0. The molecule has 0 bridgehead atoms. The smallest absolute Gasteiger partial charge is 0.143 e. The van der Waals surface area contributed by atoms with Gasteiger partial charge in [0.05, 0.1) is 5.69 Å². The summed E-state index contributed by atoms with van der Waals surface area (Å²) in [6, 6.07) is 69.7. The summed E-state index contributed by atoms with van der Waals surface area (Å²) in [5.74, 6) is 0. The monoisotopic (exact) mass is 941 g/mol. The van der Waals surface area contributed by atoms with Crippen molar-refractivity contribution in [1.82, 2.24) is 0 Å². The Morgan fingerprint density at radius 2 is 0.795 bits per heavy atom. The molecule has 14 rings (SSSR count). The average molecular weight is 942 g/mol. The third-order valence-corrected chi connectivity index (χ3v) is 16.6. The molecule has 2 heterocycles. The summed E-state index contributed by atoms with van der Waals surface area (Å²) in [4.78, 5) is 2.51. The fourth-order valence-electron chi connectivity index (χ4n) is 13.0. The van der Waals surface area contributed by atoms with Crippen LogP contribution in [0.25, 0.3) is 99.5 Å². The Hall–Kier alpha value is -8.40. The number of hydrogen-bond acceptors (Lipinski definition) is 3. The lowest BCUT2D eigenvalue weighted by Crippen LogP contribution is -2.18. The van der Waals surface area contributed by atoms with Crippen molar-refractivity contribution in [2.45, 2.75) is 66.2 Å². The van der Waals surface area contributed by atoms with Crippen LogP contribution in [0.4, 0.5) is 17.1 Å². The molecule has 0 saturated carbocycles. The molecule has 3 nitrogen and oxygen atoms in total. The van der Waals surface area contributed by atoms with E-state index >= 15 is 0 Å². The molecule has 0 amide bonds. The summed E-state index contributed by atoms with van der Waals surface area (Å²) in [6.45, 7) is 18.4. The quantitative estimate of drug-likeness (QED) is 0.166. The Bertz CT molecular complexity index is 4070. The van der Waals surface area contributed by atoms with E-state index in [1.165, 1.54) is 99.8 Å². The minimum atomic E-state index is -0.334. The molecule has 0 spiro atoms. The van der Waals surface area contributed by atoms with E-state index < -0.39 is 0 Å². The number of hydrogen-bond donors (Lipinski definition) is 0. The van der Waals surface area contributed by atoms with Crippen LogP contribution in [-0.4, -0.2) is 0 Å². The van der Waals surface area contributed by atoms with Gasteiger partial charge in [-0.1, -0.05) is 172 Å². The second-order valence-electron chi connectivity index (χ2n) is 21.9. The molecule has 2 aromatic heterocycles. The fourth-order valence-corrected chi connectivity index (χ4v) is 13.0. The van der Waals surface area contributed by atoms with E-state index in [9.17, 15) is 0 Å². The number of anilines is 3. The van der Waals surface area contributed by atoms with Crippen LogP contribution in [0.5, 0.6) is 0 Å². The zero-order valence-electron chi connectivity index (χ0n) is 42.7. The summed E-state index contributed by atoms with van der Waals surface area (Å²) in [5.41, 5.74) is 28.7. The van der Waals surface area contributed by atoms with Gasteiger partial charge in [-0.05, 0) is 155 Å². The van der Waals surface area contributed by atoms with Crippen molar-refractivity contribution >= 4 is 60.9 Å². The van der Waals surface area contributed by atoms with Crippen LogP contribution in [0.15, 0.2) is 197 Å². The first-order chi connectivity index (χ1) is 35.4. The molecule has 0 atom stereocenters. The van der Waals surface area contributed by atoms with Crippen molar-refractivity contribution in [2.24, 2.45) is 0 Å². The number of benzene rings is 10. The fraction of sp³-hybridized carbons (Fsp3) is 0.143. The predicted octanol–water partition coefficient (Wildman–Crippen LogP) is 19.8. The van der Waals surface area contributed by atoms with E-state index in [0.717, 1.165) is 61.3 Å². The maximum atomic E-state index is 6.91. The lowest BCUT2D eigenvalue weighted by Gasteiger charge is -2.31. The zero-order chi connectivity index (χ0) is 49.7. The molecular weight excluding hydrogens is 887 g/mol. The predicted molar refractivity (Wildman–Crippen MR) is 306 cm³/mol. The largest absolute Gasteiger partial charge is 0.455 e. The van der Waals surface area contributed by atoms with Gasteiger partial charge in [0, 0.05) is 60.4 Å². The molecule has 12 aromatic rings. The Morgan fingerprint density at radius 1 is 0.356 bits per heavy atom. The minimum absolute atomic E-state index is 0.334. The standard InChI is InChI=1S/C70H55NO2/c1-40-26-30-47(42(3)34-40)54-38-58-63(65-52-21-13-16-24-61(52)72-67(54)65)50-32-28-45(36-56(50)69(58,5)6)71(60-23-15-12-20-49(60)44-18-10-9-11-19-44)46-29-33-51-57(37-46)70(7,8)59-39-55(48-31-27-41(2)35-43(48)4)68-66(64(51)59)53-22-14-17-25-62(53)73-68/h9-39H,1-8H3. The van der Waals surface area contributed by atoms with Crippen molar-refractivity contribution in [3.05, 3.63) is 233 Å². The number of para-hydroxylation sites is 3. The first-order valence-corrected chi connectivity index (χ1v) is 25.7. The van der Waals surface area contributed by atoms with Gasteiger partial charge in [0.1, 0.15) is 22.3 Å². The molecule has 352 valence electrons. The molecule has 0 saturated heterocycles. The van der Waals surface area contributed by atoms with Gasteiger partial charge in [-0.25, -0.2) is 0 Å². The molecule has 0 N–H and O–H groups in total. The number of rotatable bonds is 6. The lowest BCUT2D eigenvalue weighted by molar-refractivity contribution is 0.657. The maximum Gasteiger partial charge on any atom is 0.143 e. The highest BCUT2D eigenvalue weighted by atomic mass is 16.3. The number of aryl methyl sites for hydroxylation is 4. The first-order valence-electron chi connectivity index (χ1n) is 25.7. The zero-order valence-corrected chi connectivity index (χ0v) is 42.7. The van der Waals surface area contributed by atoms with Crippen LogP contribution in [-0.2, 0) is 10.8 Å². The van der Waals surface area contributed by atoms with Crippen molar-refractivity contribution in [3.63, 3.8) is 0 Å². The van der Waals surface area contributed by atoms with Gasteiger partial charge in [0.25, 0.3) is 0 Å². The van der Waals surface area contributed by atoms with E-state index in [2.05, 4.69) is 248 Å². The van der Waals surface area contributed by atoms with Crippen LogP contribution in [0, 0.1) is 27.7 Å². The molecule has 0 radical (unpaired) electrons. The molecule has 0 unspecified atom stereocenters. The number of fused-ring (bicyclic) bond motifs is 14. The van der Waals surface area contributed by atoms with Crippen molar-refractivity contribution < 1.29 is 8.83 Å². The van der Waals surface area contributed by atoms with Gasteiger partial charge in [0.2, 0.25) is 0 Å². The Labute approximate surface area is 427 Å². The Morgan fingerprint density at radius 3 is 1.29 bits per heavy atom. The highest BCUT2D eigenvalue weighted by Gasteiger charge is 2.42. The van der Waals surface area contributed by atoms with E-state index in [1.807, 2.05) is 0 Å². The summed E-state index contributed by atoms with van der Waals surface area (Å²) in [5, 5.41) is 4.68. The van der Waals surface area contributed by atoms with E-state index in [0.29, 0.717) is 0 Å². The molecule has 73 heavy (non-hydrogen) atoms. The second-order valence-corrected chi connectivity index (χ2v) is 21.9. The van der Waals surface area contributed by atoms with Gasteiger partial charge in [-0.3, -0.25) is 0 Å². The Kier molecular flexibility index (Phi) is 9.24. The summed E-state index contributed by atoms with van der Waals surface area (Å²) < 4.78 is 13.8. The molecule has 3 heteroatoms.